The Kier molecular flexibility index (Phi) is 9.21. The van der Waals surface area contributed by atoms with E-state index in [9.17, 15) is 4.79 Å². The molecule has 1 aromatic rings. The minimum atomic E-state index is -0.0470. The average molecular weight is 374 g/mol. The third-order valence-corrected chi connectivity index (χ3v) is 4.78. The van der Waals surface area contributed by atoms with Crippen molar-refractivity contribution < 1.29 is 4.79 Å². The number of thiophene rings is 1. The summed E-state index contributed by atoms with van der Waals surface area (Å²) in [5, 5.41) is 0. The van der Waals surface area contributed by atoms with Crippen molar-refractivity contribution in [2.75, 3.05) is 20.1 Å². The summed E-state index contributed by atoms with van der Waals surface area (Å²) in [6.45, 7) is 5.36. The summed E-state index contributed by atoms with van der Waals surface area (Å²) in [6, 6.07) is 1.88. The molecule has 0 saturated heterocycles. The van der Waals surface area contributed by atoms with E-state index in [1.165, 1.54) is 11.3 Å². The van der Waals surface area contributed by atoms with Gasteiger partial charge in [-0.15, -0.1) is 23.7 Å². The summed E-state index contributed by atoms with van der Waals surface area (Å²) < 4.78 is 1.42. The van der Waals surface area contributed by atoms with Crippen molar-refractivity contribution in [1.29, 1.82) is 0 Å². The molecule has 0 fully saturated rings. The molecule has 0 radical (unpaired) electrons. The minimum absolute atomic E-state index is 0. The summed E-state index contributed by atoms with van der Waals surface area (Å²) in [6.07, 6.45) is 2.07. The molecule has 0 unspecified atom stereocenters. The lowest BCUT2D eigenvalue weighted by atomic mass is 9.93. The monoisotopic (exact) mass is 372 g/mol. The van der Waals surface area contributed by atoms with E-state index in [0.29, 0.717) is 23.8 Å². The van der Waals surface area contributed by atoms with E-state index in [4.69, 9.17) is 28.9 Å². The largest absolute Gasteiger partial charge is 0.345 e. The molecule has 1 rings (SSSR count). The van der Waals surface area contributed by atoms with Crippen LogP contribution in [0.1, 0.15) is 32.3 Å². The van der Waals surface area contributed by atoms with Gasteiger partial charge in [-0.1, -0.05) is 37.0 Å². The fourth-order valence-corrected chi connectivity index (χ4v) is 3.50. The number of nitrogens with zero attached hydrogens (tertiary/aromatic N) is 1. The number of amides is 1. The van der Waals surface area contributed by atoms with Crippen LogP contribution in [0.25, 0.3) is 0 Å². The first kappa shape index (κ1) is 21.0. The van der Waals surface area contributed by atoms with Crippen LogP contribution in [0.3, 0.4) is 0 Å². The number of halogens is 3. The molecular weight excluding hydrogens is 351 g/mol. The first-order chi connectivity index (χ1) is 9.25. The van der Waals surface area contributed by atoms with Gasteiger partial charge in [-0.2, -0.15) is 0 Å². The normalized spacial score (nSPS) is 11.1. The van der Waals surface area contributed by atoms with Crippen molar-refractivity contribution in [1.82, 2.24) is 4.90 Å². The van der Waals surface area contributed by atoms with Crippen LogP contribution in [-0.2, 0) is 11.2 Å². The molecular formula is C14H23Cl3N2OS. The highest BCUT2D eigenvalue weighted by Gasteiger charge is 2.20. The zero-order chi connectivity index (χ0) is 15.3. The molecule has 0 aliphatic heterocycles. The number of carbonyl (C=O) groups excluding carboxylic acids is 1. The lowest BCUT2D eigenvalue weighted by Crippen LogP contribution is -2.39. The Labute approximate surface area is 147 Å². The van der Waals surface area contributed by atoms with Crippen LogP contribution >= 0.6 is 46.9 Å². The molecule has 2 N–H and O–H groups in total. The van der Waals surface area contributed by atoms with Gasteiger partial charge >= 0.3 is 0 Å². The van der Waals surface area contributed by atoms with Crippen LogP contribution in [0.4, 0.5) is 0 Å². The predicted octanol–water partition coefficient (Wildman–Crippen LogP) is 4.24. The maximum atomic E-state index is 12.0. The second kappa shape index (κ2) is 9.21. The van der Waals surface area contributed by atoms with Crippen molar-refractivity contribution in [2.45, 2.75) is 33.1 Å². The van der Waals surface area contributed by atoms with Gasteiger partial charge < -0.3 is 10.6 Å². The fraction of sp³-hybridized carbons (Fsp3) is 0.643. The number of aryl methyl sites for hydroxylation is 1. The van der Waals surface area contributed by atoms with Crippen molar-refractivity contribution in [3.63, 3.8) is 0 Å². The fourth-order valence-electron chi connectivity index (χ4n) is 1.96. The number of nitrogens with two attached hydrogens (primary N) is 1. The van der Waals surface area contributed by atoms with Crippen molar-refractivity contribution in [2.24, 2.45) is 11.1 Å². The summed E-state index contributed by atoms with van der Waals surface area (Å²) in [7, 11) is 1.83. The quantitative estimate of drug-likeness (QED) is 0.777. The molecule has 1 heterocycles. The first-order valence-corrected chi connectivity index (χ1v) is 8.20. The topological polar surface area (TPSA) is 46.3 Å². The standard InChI is InChI=1S/C14H22Cl2N2OS.ClH/c1-14(2,8-17)9-18(3)12(19)6-4-5-10-7-11(15)20-13(10)16;/h7H,4-6,8-9,17H2,1-3H3;1H. The highest BCUT2D eigenvalue weighted by atomic mass is 35.5. The number of rotatable bonds is 7. The predicted molar refractivity (Wildman–Crippen MR) is 95.0 cm³/mol. The number of carbonyl (C=O) groups is 1. The molecule has 1 amide bonds. The Morgan fingerprint density at radius 2 is 2.05 bits per heavy atom. The van der Waals surface area contributed by atoms with E-state index in [1.54, 1.807) is 4.90 Å². The van der Waals surface area contributed by atoms with Crippen LogP contribution < -0.4 is 5.73 Å². The van der Waals surface area contributed by atoms with Gasteiger partial charge in [0.15, 0.2) is 0 Å². The lowest BCUT2D eigenvalue weighted by Gasteiger charge is -2.29. The van der Waals surface area contributed by atoms with Gasteiger partial charge in [0.05, 0.1) is 8.67 Å². The molecule has 0 bridgehead atoms. The van der Waals surface area contributed by atoms with E-state index in [1.807, 2.05) is 13.1 Å². The summed E-state index contributed by atoms with van der Waals surface area (Å²) in [4.78, 5) is 13.8. The van der Waals surface area contributed by atoms with E-state index < -0.39 is 0 Å². The molecule has 0 spiro atoms. The molecule has 21 heavy (non-hydrogen) atoms. The molecule has 0 aromatic carbocycles. The van der Waals surface area contributed by atoms with Crippen molar-refractivity contribution in [3.8, 4) is 0 Å². The van der Waals surface area contributed by atoms with Gasteiger partial charge in [-0.3, -0.25) is 4.79 Å². The van der Waals surface area contributed by atoms with Gasteiger partial charge in [0.1, 0.15) is 0 Å². The molecule has 7 heteroatoms. The molecule has 0 saturated carbocycles. The van der Waals surface area contributed by atoms with Crippen molar-refractivity contribution in [3.05, 3.63) is 20.3 Å². The zero-order valence-electron chi connectivity index (χ0n) is 12.6. The molecule has 0 atom stereocenters. The zero-order valence-corrected chi connectivity index (χ0v) is 15.8. The van der Waals surface area contributed by atoms with Crippen molar-refractivity contribution >= 4 is 52.9 Å². The van der Waals surface area contributed by atoms with E-state index in [0.717, 1.165) is 22.7 Å². The smallest absolute Gasteiger partial charge is 0.222 e. The molecule has 1 aromatic heterocycles. The maximum absolute atomic E-state index is 12.0. The summed E-state index contributed by atoms with van der Waals surface area (Å²) >= 11 is 13.3. The SMILES string of the molecule is CN(CC(C)(C)CN)C(=O)CCCc1cc(Cl)sc1Cl.Cl. The van der Waals surface area contributed by atoms with E-state index >= 15 is 0 Å². The minimum Gasteiger partial charge on any atom is -0.345 e. The summed E-state index contributed by atoms with van der Waals surface area (Å²) in [5.41, 5.74) is 6.67. The van der Waals surface area contributed by atoms with E-state index in [-0.39, 0.29) is 23.7 Å². The second-order valence-electron chi connectivity index (χ2n) is 5.82. The van der Waals surface area contributed by atoms with Crippen LogP contribution in [0.15, 0.2) is 6.07 Å². The van der Waals surface area contributed by atoms with Gasteiger partial charge in [0, 0.05) is 20.0 Å². The molecule has 0 aliphatic rings. The van der Waals surface area contributed by atoms with Gasteiger partial charge in [-0.05, 0) is 36.4 Å². The average Bonchev–Trinajstić information content (AvgIpc) is 2.67. The van der Waals surface area contributed by atoms with E-state index in [2.05, 4.69) is 13.8 Å². The Balaban J connectivity index is 0.00000400. The second-order valence-corrected chi connectivity index (χ2v) is 8.11. The molecule has 122 valence electrons. The Morgan fingerprint density at radius 3 is 2.52 bits per heavy atom. The highest BCUT2D eigenvalue weighted by molar-refractivity contribution is 7.20. The Hall–Kier alpha value is -0.000000000000000222. The van der Waals surface area contributed by atoms with Crippen LogP contribution in [0.5, 0.6) is 0 Å². The van der Waals surface area contributed by atoms with Crippen LogP contribution in [0.2, 0.25) is 8.67 Å². The lowest BCUT2D eigenvalue weighted by molar-refractivity contribution is -0.131. The maximum Gasteiger partial charge on any atom is 0.222 e. The van der Waals surface area contributed by atoms with Gasteiger partial charge in [0.25, 0.3) is 0 Å². The van der Waals surface area contributed by atoms with Crippen LogP contribution in [-0.4, -0.2) is 30.9 Å². The molecule has 3 nitrogen and oxygen atoms in total. The molecule has 0 aliphatic carbocycles. The number of hydrogen-bond donors (Lipinski definition) is 1. The first-order valence-electron chi connectivity index (χ1n) is 6.63. The third kappa shape index (κ3) is 7.20. The Morgan fingerprint density at radius 1 is 1.43 bits per heavy atom. The third-order valence-electron chi connectivity index (χ3n) is 3.21. The Bertz CT molecular complexity index is 463. The number of hydrogen-bond acceptors (Lipinski definition) is 3. The highest BCUT2D eigenvalue weighted by Crippen LogP contribution is 2.32. The van der Waals surface area contributed by atoms with Gasteiger partial charge in [0.2, 0.25) is 5.91 Å². The van der Waals surface area contributed by atoms with Crippen LogP contribution in [0, 0.1) is 5.41 Å². The summed E-state index contributed by atoms with van der Waals surface area (Å²) in [5.74, 6) is 0.143. The van der Waals surface area contributed by atoms with Gasteiger partial charge in [-0.25, -0.2) is 0 Å².